The Kier molecular flexibility index (Phi) is 4.94. The van der Waals surface area contributed by atoms with E-state index in [4.69, 9.17) is 8.92 Å². The molecular weight excluding hydrogens is 378 g/mol. The van der Waals surface area contributed by atoms with Crippen LogP contribution < -0.4 is 4.18 Å². The summed E-state index contributed by atoms with van der Waals surface area (Å²) in [5, 5.41) is 13.1. The predicted octanol–water partition coefficient (Wildman–Crippen LogP) is 3.90. The zero-order chi connectivity index (χ0) is 20.1. The third kappa shape index (κ3) is 3.22. The van der Waals surface area contributed by atoms with Crippen molar-refractivity contribution < 1.29 is 22.5 Å². The molecule has 0 amide bonds. The highest BCUT2D eigenvalue weighted by Gasteiger charge is 2.54. The van der Waals surface area contributed by atoms with Gasteiger partial charge in [0.1, 0.15) is 5.75 Å². The van der Waals surface area contributed by atoms with Gasteiger partial charge in [-0.05, 0) is 73.1 Å². The summed E-state index contributed by atoms with van der Waals surface area (Å²) in [6, 6.07) is 5.71. The number of benzene rings is 1. The Morgan fingerprint density at radius 1 is 1.29 bits per heavy atom. The maximum atomic E-state index is 11.5. The van der Waals surface area contributed by atoms with Crippen molar-refractivity contribution in [3.05, 3.63) is 29.3 Å². The quantitative estimate of drug-likeness (QED) is 0.465. The van der Waals surface area contributed by atoms with Crippen LogP contribution in [-0.2, 0) is 14.9 Å². The highest BCUT2D eigenvalue weighted by atomic mass is 32.2. The summed E-state index contributed by atoms with van der Waals surface area (Å²) in [7, 11) is -1.85. The molecule has 4 rings (SSSR count). The number of hydrogen-bond donors (Lipinski definition) is 1. The molecule has 6 nitrogen and oxygen atoms in total. The number of ether oxygens (including phenoxy) is 1. The van der Waals surface area contributed by atoms with Gasteiger partial charge >= 0.3 is 10.1 Å². The fourth-order valence-electron chi connectivity index (χ4n) is 6.24. The molecule has 2 saturated carbocycles. The molecule has 2 fully saturated rings. The average molecular weight is 408 g/mol. The van der Waals surface area contributed by atoms with Crippen LogP contribution in [0.1, 0.15) is 62.0 Å². The molecule has 154 valence electrons. The second-order valence-electron chi connectivity index (χ2n) is 8.88. The molecule has 1 N–H and O–H groups in total. The van der Waals surface area contributed by atoms with Crippen LogP contribution >= 0.6 is 0 Å². The van der Waals surface area contributed by atoms with Gasteiger partial charge in [-0.2, -0.15) is 8.42 Å². The molecule has 0 aliphatic heterocycles. The van der Waals surface area contributed by atoms with Gasteiger partial charge in [-0.15, -0.1) is 0 Å². The molecule has 0 saturated heterocycles. The smallest absolute Gasteiger partial charge is 0.306 e. The number of rotatable bonds is 4. The van der Waals surface area contributed by atoms with E-state index in [0.717, 1.165) is 49.6 Å². The Bertz CT molecular complexity index is 896. The fourth-order valence-corrected chi connectivity index (χ4v) is 6.69. The molecule has 0 spiro atoms. The average Bonchev–Trinajstić information content (AvgIpc) is 2.97. The molecule has 7 heteroatoms. The van der Waals surface area contributed by atoms with E-state index in [-0.39, 0.29) is 11.3 Å². The van der Waals surface area contributed by atoms with Crippen molar-refractivity contribution >= 4 is 15.8 Å². The van der Waals surface area contributed by atoms with E-state index in [1.165, 1.54) is 5.56 Å². The van der Waals surface area contributed by atoms with Gasteiger partial charge < -0.3 is 14.1 Å². The second-order valence-corrected chi connectivity index (χ2v) is 10.5. The fraction of sp³-hybridized carbons (Fsp3) is 0.667. The highest BCUT2D eigenvalue weighted by molar-refractivity contribution is 7.86. The molecule has 0 heterocycles. The first kappa shape index (κ1) is 19.7. The van der Waals surface area contributed by atoms with Gasteiger partial charge in [0.2, 0.25) is 0 Å². The predicted molar refractivity (Wildman–Crippen MR) is 107 cm³/mol. The summed E-state index contributed by atoms with van der Waals surface area (Å²) in [5.41, 5.74) is 3.41. The molecule has 3 aliphatic rings. The van der Waals surface area contributed by atoms with E-state index in [1.54, 1.807) is 13.2 Å². The summed E-state index contributed by atoms with van der Waals surface area (Å²) >= 11 is 0. The second kappa shape index (κ2) is 7.02. The molecule has 28 heavy (non-hydrogen) atoms. The zero-order valence-electron chi connectivity index (χ0n) is 16.7. The lowest BCUT2D eigenvalue weighted by atomic mass is 9.54. The molecule has 0 aromatic heterocycles. The topological polar surface area (TPSA) is 85.2 Å². The van der Waals surface area contributed by atoms with Crippen LogP contribution in [0.25, 0.3) is 0 Å². The molecule has 0 radical (unpaired) electrons. The first-order valence-electron chi connectivity index (χ1n) is 10.0. The number of methoxy groups -OCH3 is 1. The van der Waals surface area contributed by atoms with Crippen molar-refractivity contribution in [1.82, 2.24) is 0 Å². The molecular formula is C21H29NO5S. The Labute approximate surface area is 167 Å². The van der Waals surface area contributed by atoms with Crippen LogP contribution in [0.4, 0.5) is 0 Å². The number of fused-ring (bicyclic) bond motifs is 5. The zero-order valence-corrected chi connectivity index (χ0v) is 17.5. The van der Waals surface area contributed by atoms with Gasteiger partial charge in [0.15, 0.2) is 0 Å². The first-order chi connectivity index (χ1) is 13.3. The number of oxime groups is 1. The lowest BCUT2D eigenvalue weighted by Gasteiger charge is -2.50. The van der Waals surface area contributed by atoms with E-state index in [2.05, 4.69) is 12.1 Å². The molecule has 5 atom stereocenters. The van der Waals surface area contributed by atoms with Gasteiger partial charge in [0.25, 0.3) is 0 Å². The van der Waals surface area contributed by atoms with E-state index >= 15 is 0 Å². The Morgan fingerprint density at radius 3 is 2.75 bits per heavy atom. The van der Waals surface area contributed by atoms with Crippen LogP contribution in [-0.4, -0.2) is 39.3 Å². The first-order valence-corrected chi connectivity index (χ1v) is 11.8. The van der Waals surface area contributed by atoms with Gasteiger partial charge in [0, 0.05) is 18.4 Å². The minimum absolute atomic E-state index is 0.00954. The van der Waals surface area contributed by atoms with E-state index in [9.17, 15) is 13.6 Å². The van der Waals surface area contributed by atoms with Gasteiger partial charge in [-0.1, -0.05) is 18.1 Å². The van der Waals surface area contributed by atoms with E-state index in [0.29, 0.717) is 30.1 Å². The van der Waals surface area contributed by atoms with E-state index in [1.807, 2.05) is 12.1 Å². The minimum Gasteiger partial charge on any atom is -0.411 e. The number of hydrogen-bond acceptors (Lipinski definition) is 6. The number of nitrogens with zero attached hydrogens (tertiary/aromatic N) is 1. The summed E-state index contributed by atoms with van der Waals surface area (Å²) in [5.74, 6) is 2.06. The van der Waals surface area contributed by atoms with Crippen LogP contribution in [0.15, 0.2) is 23.4 Å². The SMILES string of the molecule is COCC1CC2C(CCC3(C)C(=NO)CCC23)c2ccc(OS(C)(=O)=O)cc21. The van der Waals surface area contributed by atoms with Crippen LogP contribution in [0.2, 0.25) is 0 Å². The highest BCUT2D eigenvalue weighted by Crippen LogP contribution is 2.61. The summed E-state index contributed by atoms with van der Waals surface area (Å²) in [6.07, 6.45) is 6.10. The van der Waals surface area contributed by atoms with Gasteiger partial charge in [0.05, 0.1) is 18.6 Å². The van der Waals surface area contributed by atoms with Crippen LogP contribution in [0.5, 0.6) is 5.75 Å². The van der Waals surface area contributed by atoms with Crippen molar-refractivity contribution in [3.8, 4) is 5.75 Å². The lowest BCUT2D eigenvalue weighted by Crippen LogP contribution is -2.43. The summed E-state index contributed by atoms with van der Waals surface area (Å²) < 4.78 is 33.7. The standard InChI is InChI=1S/C21H29NO5S/c1-21-9-8-16-15-5-4-14(27-28(3,24)25)11-17(15)13(12-26-2)10-18(16)19(21)6-7-20(21)22-23/h4-5,11,13,16,18-19,23H,6-10,12H2,1-3H3. The summed E-state index contributed by atoms with van der Waals surface area (Å²) in [4.78, 5) is 0. The largest absolute Gasteiger partial charge is 0.411 e. The van der Waals surface area contributed by atoms with Crippen molar-refractivity contribution in [3.63, 3.8) is 0 Å². The molecule has 1 aromatic rings. The van der Waals surface area contributed by atoms with Crippen molar-refractivity contribution in [2.75, 3.05) is 20.0 Å². The molecule has 3 aliphatic carbocycles. The normalized spacial score (nSPS) is 35.9. The molecule has 5 unspecified atom stereocenters. The summed E-state index contributed by atoms with van der Waals surface area (Å²) in [6.45, 7) is 2.86. The maximum absolute atomic E-state index is 11.5. The third-order valence-corrected chi connectivity index (χ3v) is 7.86. The molecule has 1 aromatic carbocycles. The maximum Gasteiger partial charge on any atom is 0.306 e. The monoisotopic (exact) mass is 407 g/mol. The van der Waals surface area contributed by atoms with Gasteiger partial charge in [-0.25, -0.2) is 0 Å². The van der Waals surface area contributed by atoms with Crippen molar-refractivity contribution in [2.45, 2.75) is 50.9 Å². The van der Waals surface area contributed by atoms with Crippen LogP contribution in [0.3, 0.4) is 0 Å². The Balaban J connectivity index is 1.72. The third-order valence-electron chi connectivity index (χ3n) is 7.37. The van der Waals surface area contributed by atoms with Crippen molar-refractivity contribution in [1.29, 1.82) is 0 Å². The van der Waals surface area contributed by atoms with Gasteiger partial charge in [-0.3, -0.25) is 0 Å². The lowest BCUT2D eigenvalue weighted by molar-refractivity contribution is 0.0706. The van der Waals surface area contributed by atoms with Crippen LogP contribution in [0, 0.1) is 17.3 Å². The Hall–Kier alpha value is -1.60. The minimum atomic E-state index is -3.55. The Morgan fingerprint density at radius 2 is 2.07 bits per heavy atom. The van der Waals surface area contributed by atoms with E-state index < -0.39 is 10.1 Å². The van der Waals surface area contributed by atoms with Crippen molar-refractivity contribution in [2.24, 2.45) is 22.4 Å². The molecule has 0 bridgehead atoms.